The lowest BCUT2D eigenvalue weighted by Crippen LogP contribution is -2.52. The van der Waals surface area contributed by atoms with E-state index in [0.29, 0.717) is 19.6 Å². The molecule has 0 spiro atoms. The van der Waals surface area contributed by atoms with Crippen LogP contribution in [-0.2, 0) is 21.5 Å². The topological polar surface area (TPSA) is 64.7 Å². The Balaban J connectivity index is 1.14. The molecule has 1 aliphatic heterocycles. The van der Waals surface area contributed by atoms with Crippen molar-refractivity contribution < 1.29 is 9.59 Å². The van der Waals surface area contributed by atoms with Gasteiger partial charge >= 0.3 is 0 Å². The van der Waals surface area contributed by atoms with Gasteiger partial charge in [0.2, 0.25) is 11.8 Å². The van der Waals surface area contributed by atoms with Crippen LogP contribution >= 0.6 is 0 Å². The third-order valence-electron chi connectivity index (χ3n) is 6.85. The van der Waals surface area contributed by atoms with E-state index in [1.807, 2.05) is 36.4 Å². The summed E-state index contributed by atoms with van der Waals surface area (Å²) >= 11 is 0. The van der Waals surface area contributed by atoms with E-state index in [4.69, 9.17) is 0 Å². The normalized spacial score (nSPS) is 18.5. The molecule has 2 aliphatic rings. The second-order valence-electron chi connectivity index (χ2n) is 9.09. The third kappa shape index (κ3) is 5.96. The molecule has 0 bridgehead atoms. The van der Waals surface area contributed by atoms with Crippen molar-refractivity contribution in [3.63, 3.8) is 0 Å². The van der Waals surface area contributed by atoms with Gasteiger partial charge in [-0.05, 0) is 24.0 Å². The van der Waals surface area contributed by atoms with Crippen molar-refractivity contribution in [1.29, 1.82) is 0 Å². The molecule has 0 atom stereocenters. The summed E-state index contributed by atoms with van der Waals surface area (Å²) in [7, 11) is 0. The fraction of sp³-hybridized carbons (Fsp3) is 0.462. The van der Waals surface area contributed by atoms with Crippen LogP contribution < -0.4 is 10.6 Å². The van der Waals surface area contributed by atoms with E-state index >= 15 is 0 Å². The first kappa shape index (κ1) is 22.5. The van der Waals surface area contributed by atoms with Gasteiger partial charge in [-0.15, -0.1) is 0 Å². The maximum Gasteiger partial charge on any atom is 0.234 e. The lowest BCUT2D eigenvalue weighted by molar-refractivity contribution is -0.125. The minimum atomic E-state index is 0.0479. The molecule has 6 heteroatoms. The average molecular weight is 435 g/mol. The second kappa shape index (κ2) is 10.7. The monoisotopic (exact) mass is 434 g/mol. The molecule has 170 valence electrons. The van der Waals surface area contributed by atoms with Crippen LogP contribution in [0.4, 0.5) is 0 Å². The molecule has 1 aliphatic carbocycles. The van der Waals surface area contributed by atoms with Gasteiger partial charge in [0.05, 0.1) is 13.1 Å². The molecule has 2 amide bonds. The average Bonchev–Trinajstić information content (AvgIpc) is 2.80. The summed E-state index contributed by atoms with van der Waals surface area (Å²) in [5.74, 6) is 0.146. The first-order valence-electron chi connectivity index (χ1n) is 11.7. The highest BCUT2D eigenvalue weighted by atomic mass is 16.2. The highest BCUT2D eigenvalue weighted by Crippen LogP contribution is 2.43. The summed E-state index contributed by atoms with van der Waals surface area (Å²) in [5, 5.41) is 6.18. The van der Waals surface area contributed by atoms with Crippen molar-refractivity contribution in [1.82, 2.24) is 20.4 Å². The van der Waals surface area contributed by atoms with Crippen LogP contribution in [0.1, 0.15) is 30.4 Å². The van der Waals surface area contributed by atoms with Gasteiger partial charge in [0.1, 0.15) is 0 Å². The summed E-state index contributed by atoms with van der Waals surface area (Å²) in [6.45, 7) is 5.35. The number of rotatable bonds is 9. The van der Waals surface area contributed by atoms with Crippen LogP contribution in [0.25, 0.3) is 0 Å². The highest BCUT2D eigenvalue weighted by molar-refractivity contribution is 5.78. The zero-order valence-electron chi connectivity index (χ0n) is 18.8. The molecule has 4 rings (SSSR count). The van der Waals surface area contributed by atoms with Crippen molar-refractivity contribution in [2.24, 2.45) is 0 Å². The van der Waals surface area contributed by atoms with Crippen LogP contribution in [0, 0.1) is 0 Å². The van der Waals surface area contributed by atoms with E-state index in [1.165, 1.54) is 12.0 Å². The minimum absolute atomic E-state index is 0.0479. The van der Waals surface area contributed by atoms with E-state index in [9.17, 15) is 9.59 Å². The van der Waals surface area contributed by atoms with E-state index < -0.39 is 0 Å². The number of hydrogen-bond donors (Lipinski definition) is 2. The second-order valence-corrected chi connectivity index (χ2v) is 9.09. The van der Waals surface area contributed by atoms with Gasteiger partial charge in [0.15, 0.2) is 0 Å². The van der Waals surface area contributed by atoms with Crippen LogP contribution in [-0.4, -0.2) is 67.4 Å². The van der Waals surface area contributed by atoms with Gasteiger partial charge in [-0.2, -0.15) is 0 Å². The molecule has 2 fully saturated rings. The molecule has 0 radical (unpaired) electrons. The maximum atomic E-state index is 12.6. The molecule has 2 N–H and O–H groups in total. The Kier molecular flexibility index (Phi) is 7.55. The Bertz CT molecular complexity index is 875. The Morgan fingerprint density at radius 2 is 1.28 bits per heavy atom. The van der Waals surface area contributed by atoms with Gasteiger partial charge in [-0.1, -0.05) is 67.1 Å². The first-order valence-corrected chi connectivity index (χ1v) is 11.7. The number of amides is 2. The van der Waals surface area contributed by atoms with Gasteiger partial charge in [0.25, 0.3) is 0 Å². The van der Waals surface area contributed by atoms with Crippen LogP contribution in [0.3, 0.4) is 0 Å². The standard InChI is InChI=1S/C26H34N4O2/c31-24(27-18-22-8-3-1-4-9-22)19-29-14-16-30(17-15-29)20-25(32)28-21-26(12-7-13-26)23-10-5-2-6-11-23/h1-6,8-11H,7,12-21H2,(H,27,31)(H,28,32). The van der Waals surface area contributed by atoms with Gasteiger partial charge < -0.3 is 10.6 Å². The number of nitrogens with one attached hydrogen (secondary N) is 2. The number of benzene rings is 2. The summed E-state index contributed by atoms with van der Waals surface area (Å²) in [4.78, 5) is 29.2. The summed E-state index contributed by atoms with van der Waals surface area (Å²) in [6.07, 6.45) is 3.51. The van der Waals surface area contributed by atoms with E-state index in [2.05, 4.69) is 44.7 Å². The summed E-state index contributed by atoms with van der Waals surface area (Å²) < 4.78 is 0. The van der Waals surface area contributed by atoms with Gasteiger partial charge in [0, 0.05) is 44.7 Å². The lowest BCUT2D eigenvalue weighted by Gasteiger charge is -2.43. The fourth-order valence-corrected chi connectivity index (χ4v) is 4.65. The maximum absolute atomic E-state index is 12.6. The molecule has 6 nitrogen and oxygen atoms in total. The number of nitrogens with zero attached hydrogens (tertiary/aromatic N) is 2. The first-order chi connectivity index (χ1) is 15.6. The Hall–Kier alpha value is -2.70. The molecule has 1 saturated heterocycles. The lowest BCUT2D eigenvalue weighted by atomic mass is 9.64. The van der Waals surface area contributed by atoms with Crippen molar-refractivity contribution >= 4 is 11.8 Å². The molecule has 2 aromatic carbocycles. The van der Waals surface area contributed by atoms with E-state index in [0.717, 1.165) is 51.1 Å². The quantitative estimate of drug-likeness (QED) is 0.635. The fourth-order valence-electron chi connectivity index (χ4n) is 4.65. The number of hydrogen-bond acceptors (Lipinski definition) is 4. The summed E-state index contributed by atoms with van der Waals surface area (Å²) in [6, 6.07) is 20.5. The molecular formula is C26H34N4O2. The van der Waals surface area contributed by atoms with Gasteiger partial charge in [-0.25, -0.2) is 0 Å². The molecule has 0 aromatic heterocycles. The molecular weight excluding hydrogens is 400 g/mol. The van der Waals surface area contributed by atoms with Crippen LogP contribution in [0.2, 0.25) is 0 Å². The van der Waals surface area contributed by atoms with E-state index in [1.54, 1.807) is 0 Å². The van der Waals surface area contributed by atoms with E-state index in [-0.39, 0.29) is 17.2 Å². The van der Waals surface area contributed by atoms with Crippen molar-refractivity contribution in [3.8, 4) is 0 Å². The van der Waals surface area contributed by atoms with Crippen molar-refractivity contribution in [3.05, 3.63) is 71.8 Å². The van der Waals surface area contributed by atoms with Crippen molar-refractivity contribution in [2.75, 3.05) is 45.8 Å². The van der Waals surface area contributed by atoms with Gasteiger partial charge in [-0.3, -0.25) is 19.4 Å². The third-order valence-corrected chi connectivity index (χ3v) is 6.85. The Morgan fingerprint density at radius 3 is 1.81 bits per heavy atom. The zero-order chi connectivity index (χ0) is 22.2. The Labute approximate surface area is 191 Å². The SMILES string of the molecule is O=C(CN1CCN(CC(=O)NCC2(c3ccccc3)CCC2)CC1)NCc1ccccc1. The minimum Gasteiger partial charge on any atom is -0.354 e. The molecule has 1 heterocycles. The summed E-state index contributed by atoms with van der Waals surface area (Å²) in [5.41, 5.74) is 2.56. The number of carbonyl (C=O) groups is 2. The molecule has 0 unspecified atom stereocenters. The Morgan fingerprint density at radius 1 is 0.750 bits per heavy atom. The predicted octanol–water partition coefficient (Wildman–Crippen LogP) is 2.16. The van der Waals surface area contributed by atoms with Crippen LogP contribution in [0.5, 0.6) is 0 Å². The number of carbonyl (C=O) groups excluding carboxylic acids is 2. The predicted molar refractivity (Wildman–Crippen MR) is 126 cm³/mol. The zero-order valence-corrected chi connectivity index (χ0v) is 18.8. The smallest absolute Gasteiger partial charge is 0.234 e. The molecule has 1 saturated carbocycles. The van der Waals surface area contributed by atoms with Crippen LogP contribution in [0.15, 0.2) is 60.7 Å². The largest absolute Gasteiger partial charge is 0.354 e. The molecule has 32 heavy (non-hydrogen) atoms. The van der Waals surface area contributed by atoms with Crippen molar-refractivity contribution in [2.45, 2.75) is 31.2 Å². The molecule has 2 aromatic rings. The number of piperazine rings is 1. The highest BCUT2D eigenvalue weighted by Gasteiger charge is 2.38.